The van der Waals surface area contributed by atoms with Gasteiger partial charge in [-0.25, -0.2) is 0 Å². The Labute approximate surface area is 136 Å². The second kappa shape index (κ2) is 11.6. The number of unbranched alkanes of at least 4 members (excludes halogenated alkanes) is 3. The second-order valence-corrected chi connectivity index (χ2v) is 6.43. The summed E-state index contributed by atoms with van der Waals surface area (Å²) in [6.07, 6.45) is 13.6. The molecule has 0 spiro atoms. The maximum absolute atomic E-state index is 10.2. The van der Waals surface area contributed by atoms with Crippen molar-refractivity contribution in [1.82, 2.24) is 5.32 Å². The molecule has 0 aromatic rings. The van der Waals surface area contributed by atoms with E-state index in [0.29, 0.717) is 18.4 Å². The predicted octanol–water partition coefficient (Wildman–Crippen LogP) is 4.39. The second-order valence-electron chi connectivity index (χ2n) is 6.43. The number of aliphatic hydroxyl groups excluding tert-OH is 1. The average molecular weight is 309 g/mol. The van der Waals surface area contributed by atoms with Gasteiger partial charge in [-0.05, 0) is 51.0 Å². The summed E-state index contributed by atoms with van der Waals surface area (Å²) in [4.78, 5) is 0. The van der Waals surface area contributed by atoms with E-state index in [-0.39, 0.29) is 12.0 Å². The van der Waals surface area contributed by atoms with Crippen LogP contribution in [0.25, 0.3) is 0 Å². The summed E-state index contributed by atoms with van der Waals surface area (Å²) >= 11 is 0. The highest BCUT2D eigenvalue weighted by molar-refractivity contribution is 4.92. The molecule has 3 atom stereocenters. The highest BCUT2D eigenvalue weighted by Gasteiger charge is 2.34. The topological polar surface area (TPSA) is 41.5 Å². The van der Waals surface area contributed by atoms with Crippen molar-refractivity contribution in [3.63, 3.8) is 0 Å². The molecule has 1 aliphatic rings. The van der Waals surface area contributed by atoms with Crippen LogP contribution in [-0.4, -0.2) is 24.4 Å². The summed E-state index contributed by atoms with van der Waals surface area (Å²) in [6, 6.07) is 0. The first kappa shape index (κ1) is 19.1. The molecule has 0 aromatic heterocycles. The maximum Gasteiger partial charge on any atom is 0.179 e. The lowest BCUT2D eigenvalue weighted by Gasteiger charge is -2.22. The lowest BCUT2D eigenvalue weighted by molar-refractivity contribution is 0.0517. The van der Waals surface area contributed by atoms with Crippen molar-refractivity contribution in [3.8, 4) is 0 Å². The van der Waals surface area contributed by atoms with Crippen LogP contribution in [0.15, 0.2) is 24.6 Å². The summed E-state index contributed by atoms with van der Waals surface area (Å²) in [6.45, 7) is 9.69. The first-order valence-corrected chi connectivity index (χ1v) is 9.07. The van der Waals surface area contributed by atoms with Gasteiger partial charge in [-0.2, -0.15) is 0 Å². The van der Waals surface area contributed by atoms with E-state index in [1.54, 1.807) is 0 Å². The normalized spacial score (nSPS) is 24.8. The largest absolute Gasteiger partial charge is 0.479 e. The van der Waals surface area contributed by atoms with Crippen LogP contribution >= 0.6 is 0 Å². The standard InChI is InChI=1S/C19H35NO2/c1-4-6-7-8-9-10-11-17-12-13-19(21)18(17)15-22-16(3)20-14-5-2/h9-10,17-21H,3-8,11-15H2,1-2H3/b10-9-/t17-,18+,19+/m0/s1. The zero-order chi connectivity index (χ0) is 16.2. The number of hydrogen-bond acceptors (Lipinski definition) is 3. The van der Waals surface area contributed by atoms with Gasteiger partial charge in [-0.15, -0.1) is 0 Å². The third-order valence-electron chi connectivity index (χ3n) is 4.53. The molecule has 0 unspecified atom stereocenters. The Morgan fingerprint density at radius 1 is 1.23 bits per heavy atom. The van der Waals surface area contributed by atoms with E-state index >= 15 is 0 Å². The first-order valence-electron chi connectivity index (χ1n) is 9.07. The molecule has 0 bridgehead atoms. The Morgan fingerprint density at radius 3 is 2.77 bits per heavy atom. The maximum atomic E-state index is 10.2. The molecule has 0 heterocycles. The van der Waals surface area contributed by atoms with Crippen LogP contribution in [0.4, 0.5) is 0 Å². The Hall–Kier alpha value is -0.960. The zero-order valence-corrected chi connectivity index (χ0v) is 14.5. The lowest BCUT2D eigenvalue weighted by atomic mass is 9.92. The Balaban J connectivity index is 2.28. The van der Waals surface area contributed by atoms with Crippen molar-refractivity contribution in [2.75, 3.05) is 13.2 Å². The summed E-state index contributed by atoms with van der Waals surface area (Å²) in [7, 11) is 0. The van der Waals surface area contributed by atoms with Crippen LogP contribution in [0.1, 0.15) is 65.2 Å². The van der Waals surface area contributed by atoms with E-state index in [4.69, 9.17) is 4.74 Å². The summed E-state index contributed by atoms with van der Waals surface area (Å²) < 4.78 is 5.70. The molecule has 1 aliphatic carbocycles. The van der Waals surface area contributed by atoms with Crippen molar-refractivity contribution >= 4 is 0 Å². The van der Waals surface area contributed by atoms with E-state index < -0.39 is 0 Å². The molecule has 3 nitrogen and oxygen atoms in total. The van der Waals surface area contributed by atoms with E-state index in [0.717, 1.165) is 32.2 Å². The first-order chi connectivity index (χ1) is 10.7. The molecule has 0 aromatic carbocycles. The van der Waals surface area contributed by atoms with Crippen LogP contribution in [0.3, 0.4) is 0 Å². The van der Waals surface area contributed by atoms with Gasteiger partial charge in [0.2, 0.25) is 0 Å². The monoisotopic (exact) mass is 309 g/mol. The third-order valence-corrected chi connectivity index (χ3v) is 4.53. The number of aliphatic hydroxyl groups is 1. The molecular formula is C19H35NO2. The molecule has 0 aliphatic heterocycles. The smallest absolute Gasteiger partial charge is 0.179 e. The fourth-order valence-electron chi connectivity index (χ4n) is 3.08. The van der Waals surface area contributed by atoms with Gasteiger partial charge in [0.25, 0.3) is 0 Å². The minimum absolute atomic E-state index is 0.225. The summed E-state index contributed by atoms with van der Waals surface area (Å²) in [5.74, 6) is 1.41. The van der Waals surface area contributed by atoms with E-state index in [9.17, 15) is 5.11 Å². The minimum Gasteiger partial charge on any atom is -0.479 e. The van der Waals surface area contributed by atoms with Crippen LogP contribution in [0, 0.1) is 11.8 Å². The third kappa shape index (κ3) is 7.35. The highest BCUT2D eigenvalue weighted by Crippen LogP contribution is 2.35. The lowest BCUT2D eigenvalue weighted by Crippen LogP contribution is -2.26. The van der Waals surface area contributed by atoms with Gasteiger partial charge in [0.1, 0.15) is 0 Å². The van der Waals surface area contributed by atoms with Crippen molar-refractivity contribution in [1.29, 1.82) is 0 Å². The van der Waals surface area contributed by atoms with Gasteiger partial charge in [-0.1, -0.05) is 38.8 Å². The van der Waals surface area contributed by atoms with Crippen LogP contribution in [0.2, 0.25) is 0 Å². The van der Waals surface area contributed by atoms with E-state index in [1.165, 1.54) is 25.7 Å². The van der Waals surface area contributed by atoms with E-state index in [2.05, 4.69) is 37.9 Å². The quantitative estimate of drug-likeness (QED) is 0.319. The SMILES string of the molecule is C=C(NCCC)OC[C@@H]1[C@@H](C/C=C\CCCCC)CC[C@H]1O. The molecule has 0 saturated heterocycles. The van der Waals surface area contributed by atoms with Gasteiger partial charge in [0, 0.05) is 12.5 Å². The summed E-state index contributed by atoms with van der Waals surface area (Å²) in [5.41, 5.74) is 0. The van der Waals surface area contributed by atoms with Gasteiger partial charge < -0.3 is 15.2 Å². The Morgan fingerprint density at radius 2 is 2.05 bits per heavy atom. The molecule has 22 heavy (non-hydrogen) atoms. The summed E-state index contributed by atoms with van der Waals surface area (Å²) in [5, 5.41) is 13.3. The molecule has 1 fully saturated rings. The molecule has 128 valence electrons. The van der Waals surface area contributed by atoms with Crippen LogP contribution < -0.4 is 5.32 Å². The van der Waals surface area contributed by atoms with Crippen molar-refractivity contribution < 1.29 is 9.84 Å². The van der Waals surface area contributed by atoms with Crippen molar-refractivity contribution in [2.24, 2.45) is 11.8 Å². The van der Waals surface area contributed by atoms with Crippen molar-refractivity contribution in [2.45, 2.75) is 71.3 Å². The highest BCUT2D eigenvalue weighted by atomic mass is 16.5. The zero-order valence-electron chi connectivity index (χ0n) is 14.5. The molecule has 3 heteroatoms. The average Bonchev–Trinajstić information content (AvgIpc) is 2.87. The Bertz CT molecular complexity index is 327. The van der Waals surface area contributed by atoms with Gasteiger partial charge in [-0.3, -0.25) is 0 Å². The van der Waals surface area contributed by atoms with Crippen LogP contribution in [0.5, 0.6) is 0 Å². The molecule has 1 rings (SSSR count). The fraction of sp³-hybridized carbons (Fsp3) is 0.789. The van der Waals surface area contributed by atoms with Crippen LogP contribution in [-0.2, 0) is 4.74 Å². The Kier molecular flexibility index (Phi) is 10.1. The number of hydrogen-bond donors (Lipinski definition) is 2. The molecule has 0 radical (unpaired) electrons. The number of allylic oxidation sites excluding steroid dienone is 2. The van der Waals surface area contributed by atoms with Crippen molar-refractivity contribution in [3.05, 3.63) is 24.6 Å². The predicted molar refractivity (Wildman–Crippen MR) is 93.5 cm³/mol. The molecule has 1 saturated carbocycles. The fourth-order valence-corrected chi connectivity index (χ4v) is 3.08. The molecular weight excluding hydrogens is 274 g/mol. The minimum atomic E-state index is -0.225. The van der Waals surface area contributed by atoms with Gasteiger partial charge in [0.05, 0.1) is 12.7 Å². The van der Waals surface area contributed by atoms with Gasteiger partial charge >= 0.3 is 0 Å². The molecule has 2 N–H and O–H groups in total. The van der Waals surface area contributed by atoms with E-state index in [1.807, 2.05) is 0 Å². The number of ether oxygens (including phenoxy) is 1. The number of rotatable bonds is 12. The molecule has 0 amide bonds. The number of nitrogens with one attached hydrogen (secondary N) is 1. The van der Waals surface area contributed by atoms with Gasteiger partial charge in [0.15, 0.2) is 5.88 Å².